The lowest BCUT2D eigenvalue weighted by molar-refractivity contribution is 0.102. The molecule has 124 valence electrons. The fourth-order valence-corrected chi connectivity index (χ4v) is 3.21. The predicted octanol–water partition coefficient (Wildman–Crippen LogP) is 3.97. The summed E-state index contributed by atoms with van der Waals surface area (Å²) in [4.78, 5) is 16.1. The van der Waals surface area contributed by atoms with E-state index in [1.165, 1.54) is 0 Å². The van der Waals surface area contributed by atoms with E-state index >= 15 is 0 Å². The van der Waals surface area contributed by atoms with Crippen molar-refractivity contribution in [1.82, 2.24) is 4.98 Å². The highest BCUT2D eigenvalue weighted by molar-refractivity contribution is 8.03. The summed E-state index contributed by atoms with van der Waals surface area (Å²) in [5.41, 5.74) is 7.62. The second-order valence-corrected chi connectivity index (χ2v) is 7.17. The molecule has 5 nitrogen and oxygen atoms in total. The minimum Gasteiger partial charge on any atom is -0.476 e. The molecule has 3 N–H and O–H groups in total. The highest BCUT2D eigenvalue weighted by atomic mass is 32.2. The Morgan fingerprint density at radius 2 is 2.04 bits per heavy atom. The van der Waals surface area contributed by atoms with E-state index in [2.05, 4.69) is 28.7 Å². The van der Waals surface area contributed by atoms with Gasteiger partial charge in [-0.05, 0) is 55.7 Å². The molecule has 24 heavy (non-hydrogen) atoms. The summed E-state index contributed by atoms with van der Waals surface area (Å²) in [6.07, 6.45) is 2.97. The second-order valence-electron chi connectivity index (χ2n) is 5.79. The van der Waals surface area contributed by atoms with Crippen LogP contribution in [0.5, 0.6) is 5.75 Å². The number of rotatable bonds is 4. The van der Waals surface area contributed by atoms with Gasteiger partial charge in [0.25, 0.3) is 5.91 Å². The van der Waals surface area contributed by atoms with Gasteiger partial charge in [0.05, 0.1) is 5.56 Å². The minimum atomic E-state index is -0.281. The van der Waals surface area contributed by atoms with Gasteiger partial charge in [-0.3, -0.25) is 4.79 Å². The SMILES string of the molecule is Cc1ccc(C(=O)Nc2ccc(OC3(C)CC=CS3)cc2)c(N)n1. The number of thioether (sulfide) groups is 1. The number of nitrogens with two attached hydrogens (primary N) is 1. The number of nitrogens with one attached hydrogen (secondary N) is 1. The highest BCUT2D eigenvalue weighted by Gasteiger charge is 2.28. The van der Waals surface area contributed by atoms with Crippen LogP contribution in [0.2, 0.25) is 0 Å². The van der Waals surface area contributed by atoms with Crippen LogP contribution >= 0.6 is 11.8 Å². The maximum absolute atomic E-state index is 12.3. The number of hydrogen-bond donors (Lipinski definition) is 2. The lowest BCUT2D eigenvalue weighted by atomic mass is 10.2. The summed E-state index contributed by atoms with van der Waals surface area (Å²) >= 11 is 1.66. The van der Waals surface area contributed by atoms with E-state index in [-0.39, 0.29) is 16.7 Å². The molecule has 1 aliphatic rings. The second kappa shape index (κ2) is 6.57. The first-order valence-electron chi connectivity index (χ1n) is 7.62. The predicted molar refractivity (Wildman–Crippen MR) is 98.2 cm³/mol. The Balaban J connectivity index is 1.66. The largest absolute Gasteiger partial charge is 0.476 e. The van der Waals surface area contributed by atoms with Gasteiger partial charge in [-0.15, -0.1) is 0 Å². The molecule has 0 aliphatic carbocycles. The molecule has 6 heteroatoms. The molecule has 0 spiro atoms. The van der Waals surface area contributed by atoms with Crippen LogP contribution in [0.1, 0.15) is 29.4 Å². The Bertz CT molecular complexity index is 779. The number of aromatic nitrogens is 1. The number of carbonyl (C=O) groups is 1. The van der Waals surface area contributed by atoms with Gasteiger partial charge in [0.1, 0.15) is 11.6 Å². The molecule has 0 saturated heterocycles. The molecule has 0 bridgehead atoms. The van der Waals surface area contributed by atoms with Gasteiger partial charge >= 0.3 is 0 Å². The molecule has 0 fully saturated rings. The third-order valence-corrected chi connectivity index (χ3v) is 4.73. The standard InChI is InChI=1S/C18H19N3O2S/c1-12-4-9-15(16(19)20-12)17(22)21-13-5-7-14(8-6-13)23-18(2)10-3-11-24-18/h3-9,11H,10H2,1-2H3,(H2,19,20)(H,21,22). The van der Waals surface area contributed by atoms with Crippen molar-refractivity contribution >= 4 is 29.2 Å². The monoisotopic (exact) mass is 341 g/mol. The van der Waals surface area contributed by atoms with Crippen LogP contribution in [0, 0.1) is 6.92 Å². The Morgan fingerprint density at radius 1 is 1.29 bits per heavy atom. The molecular weight excluding hydrogens is 322 g/mol. The van der Waals surface area contributed by atoms with E-state index < -0.39 is 0 Å². The molecule has 1 aromatic heterocycles. The van der Waals surface area contributed by atoms with Crippen molar-refractivity contribution in [2.45, 2.75) is 25.2 Å². The number of benzene rings is 1. The number of aryl methyl sites for hydroxylation is 1. The lowest BCUT2D eigenvalue weighted by Crippen LogP contribution is -2.24. The van der Waals surface area contributed by atoms with Crippen LogP contribution < -0.4 is 15.8 Å². The summed E-state index contributed by atoms with van der Waals surface area (Å²) in [7, 11) is 0. The number of hydrogen-bond acceptors (Lipinski definition) is 5. The molecular formula is C18H19N3O2S. The van der Waals surface area contributed by atoms with Gasteiger partial charge in [-0.2, -0.15) is 0 Å². The van der Waals surface area contributed by atoms with Crippen LogP contribution in [0.25, 0.3) is 0 Å². The van der Waals surface area contributed by atoms with E-state index in [0.29, 0.717) is 11.3 Å². The quantitative estimate of drug-likeness (QED) is 0.880. The molecule has 0 radical (unpaired) electrons. The van der Waals surface area contributed by atoms with Crippen LogP contribution in [0.3, 0.4) is 0 Å². The van der Waals surface area contributed by atoms with Crippen LogP contribution in [-0.2, 0) is 0 Å². The van der Waals surface area contributed by atoms with Gasteiger partial charge in [-0.1, -0.05) is 17.8 Å². The third-order valence-electron chi connectivity index (χ3n) is 3.66. The van der Waals surface area contributed by atoms with Crippen molar-refractivity contribution in [2.24, 2.45) is 0 Å². The number of ether oxygens (including phenoxy) is 1. The zero-order chi connectivity index (χ0) is 17.2. The molecule has 1 amide bonds. The summed E-state index contributed by atoms with van der Waals surface area (Å²) < 4.78 is 6.00. The van der Waals surface area contributed by atoms with Crippen LogP contribution in [0.4, 0.5) is 11.5 Å². The van der Waals surface area contributed by atoms with E-state index in [1.807, 2.05) is 19.1 Å². The molecule has 0 saturated carbocycles. The van der Waals surface area contributed by atoms with Crippen molar-refractivity contribution < 1.29 is 9.53 Å². The Morgan fingerprint density at radius 3 is 2.67 bits per heavy atom. The zero-order valence-electron chi connectivity index (χ0n) is 13.6. The van der Waals surface area contributed by atoms with Gasteiger partial charge in [0.15, 0.2) is 4.93 Å². The Kier molecular flexibility index (Phi) is 4.49. The van der Waals surface area contributed by atoms with Gasteiger partial charge < -0.3 is 15.8 Å². The molecule has 3 rings (SSSR count). The van der Waals surface area contributed by atoms with Crippen molar-refractivity contribution in [3.63, 3.8) is 0 Å². The summed E-state index contributed by atoms with van der Waals surface area (Å²) in [6.45, 7) is 3.88. The van der Waals surface area contributed by atoms with Crippen molar-refractivity contribution in [3.8, 4) is 5.75 Å². The first kappa shape index (κ1) is 16.4. The first-order valence-corrected chi connectivity index (χ1v) is 8.49. The number of carbonyl (C=O) groups excluding carboxylic acids is 1. The minimum absolute atomic E-state index is 0.228. The van der Waals surface area contributed by atoms with E-state index in [1.54, 1.807) is 36.0 Å². The topological polar surface area (TPSA) is 77.2 Å². The number of amides is 1. The Hall–Kier alpha value is -2.47. The lowest BCUT2D eigenvalue weighted by Gasteiger charge is -2.24. The maximum Gasteiger partial charge on any atom is 0.259 e. The molecule has 1 aromatic carbocycles. The van der Waals surface area contributed by atoms with E-state index in [9.17, 15) is 4.79 Å². The normalized spacial score (nSPS) is 19.2. The molecule has 1 atom stereocenters. The number of nitrogens with zero attached hydrogens (tertiary/aromatic N) is 1. The average Bonchev–Trinajstić information content (AvgIpc) is 2.95. The average molecular weight is 341 g/mol. The van der Waals surface area contributed by atoms with Crippen LogP contribution in [-0.4, -0.2) is 15.8 Å². The van der Waals surface area contributed by atoms with Gasteiger partial charge in [0.2, 0.25) is 0 Å². The summed E-state index contributed by atoms with van der Waals surface area (Å²) in [5, 5.41) is 4.87. The van der Waals surface area contributed by atoms with Crippen molar-refractivity contribution in [2.75, 3.05) is 11.1 Å². The van der Waals surface area contributed by atoms with Crippen LogP contribution in [0.15, 0.2) is 47.9 Å². The summed E-state index contributed by atoms with van der Waals surface area (Å²) in [6, 6.07) is 10.7. The summed E-state index contributed by atoms with van der Waals surface area (Å²) in [5.74, 6) is 0.713. The molecule has 2 aromatic rings. The molecule has 1 unspecified atom stereocenters. The van der Waals surface area contributed by atoms with Gasteiger partial charge in [0, 0.05) is 17.8 Å². The molecule has 2 heterocycles. The third kappa shape index (κ3) is 3.71. The number of nitrogen functional groups attached to an aromatic ring is 1. The number of pyridine rings is 1. The van der Waals surface area contributed by atoms with Crippen molar-refractivity contribution in [1.29, 1.82) is 0 Å². The van der Waals surface area contributed by atoms with E-state index in [4.69, 9.17) is 10.5 Å². The molecule has 1 aliphatic heterocycles. The number of anilines is 2. The smallest absolute Gasteiger partial charge is 0.259 e. The Labute approximate surface area is 145 Å². The van der Waals surface area contributed by atoms with Crippen molar-refractivity contribution in [3.05, 3.63) is 59.1 Å². The fraction of sp³-hybridized carbons (Fsp3) is 0.222. The van der Waals surface area contributed by atoms with E-state index in [0.717, 1.165) is 17.9 Å². The zero-order valence-corrected chi connectivity index (χ0v) is 14.4. The maximum atomic E-state index is 12.3. The first-order chi connectivity index (χ1) is 11.5. The van der Waals surface area contributed by atoms with Gasteiger partial charge in [-0.25, -0.2) is 4.98 Å². The highest BCUT2D eigenvalue weighted by Crippen LogP contribution is 2.38. The fourth-order valence-electron chi connectivity index (χ4n) is 2.39.